The van der Waals surface area contributed by atoms with Gasteiger partial charge in [-0.1, -0.05) is 0 Å². The molecular weight excluding hydrogens is 230 g/mol. The smallest absolute Gasteiger partial charge is 0.231 e. The number of hydrogen-bond donors (Lipinski definition) is 1. The second-order valence-electron chi connectivity index (χ2n) is 5.04. The SMILES string of the molecule is NC1CCC(C(=O)c2ccc3c(c2)OCO3)CC1. The minimum absolute atomic E-state index is 0.116. The average molecular weight is 247 g/mol. The van der Waals surface area contributed by atoms with Gasteiger partial charge in [0.25, 0.3) is 0 Å². The number of hydrogen-bond acceptors (Lipinski definition) is 4. The van der Waals surface area contributed by atoms with Crippen molar-refractivity contribution in [2.45, 2.75) is 31.7 Å². The van der Waals surface area contributed by atoms with Crippen LogP contribution in [0.1, 0.15) is 36.0 Å². The first kappa shape index (κ1) is 11.5. The van der Waals surface area contributed by atoms with Crippen molar-refractivity contribution in [3.05, 3.63) is 23.8 Å². The summed E-state index contributed by atoms with van der Waals surface area (Å²) in [4.78, 5) is 12.4. The van der Waals surface area contributed by atoms with Gasteiger partial charge < -0.3 is 15.2 Å². The molecule has 0 bridgehead atoms. The van der Waals surface area contributed by atoms with E-state index in [1.807, 2.05) is 12.1 Å². The Morgan fingerprint density at radius 2 is 1.83 bits per heavy atom. The first-order valence-corrected chi connectivity index (χ1v) is 6.43. The number of ether oxygens (including phenoxy) is 2. The van der Waals surface area contributed by atoms with Gasteiger partial charge in [-0.25, -0.2) is 0 Å². The minimum Gasteiger partial charge on any atom is -0.454 e. The van der Waals surface area contributed by atoms with Crippen molar-refractivity contribution in [2.24, 2.45) is 11.7 Å². The molecule has 0 spiro atoms. The van der Waals surface area contributed by atoms with E-state index in [-0.39, 0.29) is 24.5 Å². The number of Topliss-reactive ketones (excluding diaryl/α,β-unsaturated/α-hetero) is 1. The van der Waals surface area contributed by atoms with E-state index in [1.165, 1.54) is 0 Å². The lowest BCUT2D eigenvalue weighted by molar-refractivity contribution is 0.0884. The van der Waals surface area contributed by atoms with Gasteiger partial charge in [0.2, 0.25) is 6.79 Å². The Balaban J connectivity index is 1.76. The Kier molecular flexibility index (Phi) is 2.96. The number of rotatable bonds is 2. The molecule has 1 aromatic carbocycles. The molecule has 1 aliphatic carbocycles. The van der Waals surface area contributed by atoms with E-state index in [0.29, 0.717) is 5.75 Å². The lowest BCUT2D eigenvalue weighted by Gasteiger charge is -2.25. The van der Waals surface area contributed by atoms with Crippen molar-refractivity contribution in [2.75, 3.05) is 6.79 Å². The molecule has 0 amide bonds. The van der Waals surface area contributed by atoms with Crippen LogP contribution >= 0.6 is 0 Å². The second-order valence-corrected chi connectivity index (χ2v) is 5.04. The molecule has 0 saturated heterocycles. The largest absolute Gasteiger partial charge is 0.454 e. The third-order valence-corrected chi connectivity index (χ3v) is 3.80. The molecule has 18 heavy (non-hydrogen) atoms. The third-order valence-electron chi connectivity index (χ3n) is 3.80. The Morgan fingerprint density at radius 1 is 1.11 bits per heavy atom. The molecule has 1 aliphatic heterocycles. The minimum atomic E-state index is 0.116. The van der Waals surface area contributed by atoms with Gasteiger partial charge in [-0.05, 0) is 43.9 Å². The van der Waals surface area contributed by atoms with Crippen LogP contribution in [0, 0.1) is 5.92 Å². The summed E-state index contributed by atoms with van der Waals surface area (Å²) in [6.45, 7) is 0.241. The summed E-state index contributed by atoms with van der Waals surface area (Å²) in [7, 11) is 0. The summed E-state index contributed by atoms with van der Waals surface area (Å²) in [5, 5.41) is 0. The highest BCUT2D eigenvalue weighted by Crippen LogP contribution is 2.34. The maximum Gasteiger partial charge on any atom is 0.231 e. The van der Waals surface area contributed by atoms with E-state index < -0.39 is 0 Å². The van der Waals surface area contributed by atoms with Gasteiger partial charge in [0, 0.05) is 17.5 Å². The molecule has 1 saturated carbocycles. The molecule has 4 nitrogen and oxygen atoms in total. The van der Waals surface area contributed by atoms with Crippen LogP contribution < -0.4 is 15.2 Å². The van der Waals surface area contributed by atoms with Gasteiger partial charge in [-0.2, -0.15) is 0 Å². The van der Waals surface area contributed by atoms with E-state index in [1.54, 1.807) is 6.07 Å². The standard InChI is InChI=1S/C14H17NO3/c15-11-4-1-9(2-5-11)14(16)10-3-6-12-13(7-10)18-8-17-12/h3,6-7,9,11H,1-2,4-5,8,15H2. The van der Waals surface area contributed by atoms with Crippen molar-refractivity contribution < 1.29 is 14.3 Å². The molecule has 1 heterocycles. The first-order chi connectivity index (χ1) is 8.74. The first-order valence-electron chi connectivity index (χ1n) is 6.43. The molecular formula is C14H17NO3. The molecule has 0 radical (unpaired) electrons. The van der Waals surface area contributed by atoms with Crippen LogP contribution in [0.2, 0.25) is 0 Å². The monoisotopic (exact) mass is 247 g/mol. The second kappa shape index (κ2) is 4.61. The van der Waals surface area contributed by atoms with Crippen LogP contribution in [0.5, 0.6) is 11.5 Å². The van der Waals surface area contributed by atoms with Gasteiger partial charge in [0.15, 0.2) is 17.3 Å². The number of carbonyl (C=O) groups is 1. The summed E-state index contributed by atoms with van der Waals surface area (Å²) < 4.78 is 10.5. The van der Waals surface area contributed by atoms with Gasteiger partial charge in [-0.3, -0.25) is 4.79 Å². The fraction of sp³-hybridized carbons (Fsp3) is 0.500. The summed E-state index contributed by atoms with van der Waals surface area (Å²) in [6, 6.07) is 5.69. The molecule has 1 aromatic rings. The van der Waals surface area contributed by atoms with Crippen LogP contribution in [-0.4, -0.2) is 18.6 Å². The lowest BCUT2D eigenvalue weighted by Crippen LogP contribution is -2.29. The predicted octanol–water partition coefficient (Wildman–Crippen LogP) is 2.12. The van der Waals surface area contributed by atoms with Gasteiger partial charge in [-0.15, -0.1) is 0 Å². The maximum absolute atomic E-state index is 12.4. The maximum atomic E-state index is 12.4. The number of ketones is 1. The summed E-state index contributed by atoms with van der Waals surface area (Å²) in [5.74, 6) is 1.72. The number of nitrogens with two attached hydrogens (primary N) is 1. The molecule has 3 rings (SSSR count). The van der Waals surface area contributed by atoms with Crippen molar-refractivity contribution in [1.82, 2.24) is 0 Å². The van der Waals surface area contributed by atoms with E-state index in [0.717, 1.165) is 37.0 Å². The van der Waals surface area contributed by atoms with Gasteiger partial charge in [0.1, 0.15) is 0 Å². The number of carbonyl (C=O) groups excluding carboxylic acids is 1. The number of benzene rings is 1. The molecule has 96 valence electrons. The summed E-state index contributed by atoms with van der Waals surface area (Å²) in [6.07, 6.45) is 3.69. The van der Waals surface area contributed by atoms with Crippen LogP contribution in [0.3, 0.4) is 0 Å². The molecule has 2 N–H and O–H groups in total. The highest BCUT2D eigenvalue weighted by molar-refractivity contribution is 5.98. The Labute approximate surface area is 106 Å². The quantitative estimate of drug-likeness (QED) is 0.813. The highest BCUT2D eigenvalue weighted by atomic mass is 16.7. The van der Waals surface area contributed by atoms with Crippen molar-refractivity contribution in [3.8, 4) is 11.5 Å². The van der Waals surface area contributed by atoms with E-state index in [2.05, 4.69) is 0 Å². The van der Waals surface area contributed by atoms with Gasteiger partial charge in [0.05, 0.1) is 0 Å². The molecule has 1 fully saturated rings. The van der Waals surface area contributed by atoms with Crippen molar-refractivity contribution >= 4 is 5.78 Å². The zero-order valence-electron chi connectivity index (χ0n) is 10.2. The van der Waals surface area contributed by atoms with E-state index >= 15 is 0 Å². The van der Waals surface area contributed by atoms with Crippen LogP contribution in [0.15, 0.2) is 18.2 Å². The molecule has 0 aromatic heterocycles. The Bertz CT molecular complexity index is 464. The van der Waals surface area contributed by atoms with Crippen molar-refractivity contribution in [3.63, 3.8) is 0 Å². The third kappa shape index (κ3) is 2.08. The Hall–Kier alpha value is -1.55. The molecule has 4 heteroatoms. The van der Waals surface area contributed by atoms with Crippen LogP contribution in [0.4, 0.5) is 0 Å². The molecule has 0 atom stereocenters. The zero-order valence-corrected chi connectivity index (χ0v) is 10.2. The topological polar surface area (TPSA) is 61.6 Å². The highest BCUT2D eigenvalue weighted by Gasteiger charge is 2.26. The molecule has 2 aliphatic rings. The normalized spacial score (nSPS) is 26.1. The predicted molar refractivity (Wildman–Crippen MR) is 66.8 cm³/mol. The van der Waals surface area contributed by atoms with E-state index in [4.69, 9.17) is 15.2 Å². The van der Waals surface area contributed by atoms with Crippen LogP contribution in [0.25, 0.3) is 0 Å². The van der Waals surface area contributed by atoms with Crippen LogP contribution in [-0.2, 0) is 0 Å². The summed E-state index contributed by atoms with van der Waals surface area (Å²) in [5.41, 5.74) is 6.58. The average Bonchev–Trinajstić information content (AvgIpc) is 2.86. The zero-order chi connectivity index (χ0) is 12.5. The fourth-order valence-electron chi connectivity index (χ4n) is 2.67. The van der Waals surface area contributed by atoms with Crippen molar-refractivity contribution in [1.29, 1.82) is 0 Å². The lowest BCUT2D eigenvalue weighted by atomic mass is 9.82. The number of fused-ring (bicyclic) bond motifs is 1. The Morgan fingerprint density at radius 3 is 2.61 bits per heavy atom. The van der Waals surface area contributed by atoms with Gasteiger partial charge >= 0.3 is 0 Å². The summed E-state index contributed by atoms with van der Waals surface area (Å²) >= 11 is 0. The fourth-order valence-corrected chi connectivity index (χ4v) is 2.67. The molecule has 0 unspecified atom stereocenters. The van der Waals surface area contributed by atoms with E-state index in [9.17, 15) is 4.79 Å².